The van der Waals surface area contributed by atoms with E-state index in [1.165, 1.54) is 12.8 Å². The Kier molecular flexibility index (Phi) is 6.82. The fraction of sp³-hybridized carbons (Fsp3) is 0.867. The fourth-order valence-electron chi connectivity index (χ4n) is 2.79. The summed E-state index contributed by atoms with van der Waals surface area (Å²) in [4.78, 5) is 26.7. The van der Waals surface area contributed by atoms with Gasteiger partial charge in [0, 0.05) is 25.7 Å². The Morgan fingerprint density at radius 1 is 1.30 bits per heavy atom. The molecule has 5 heteroatoms. The second kappa shape index (κ2) is 8.12. The van der Waals surface area contributed by atoms with E-state index in [1.807, 2.05) is 18.7 Å². The Morgan fingerprint density at radius 3 is 2.35 bits per heavy atom. The minimum absolute atomic E-state index is 0.00352. The van der Waals surface area contributed by atoms with Gasteiger partial charge >= 0.3 is 12.0 Å². The Hall–Kier alpha value is -1.26. The molecule has 0 bridgehead atoms. The van der Waals surface area contributed by atoms with Crippen LogP contribution in [-0.2, 0) is 4.79 Å². The summed E-state index contributed by atoms with van der Waals surface area (Å²) < 4.78 is 0. The van der Waals surface area contributed by atoms with Gasteiger partial charge in [-0.15, -0.1) is 0 Å². The third kappa shape index (κ3) is 5.02. The number of piperidine rings is 1. The van der Waals surface area contributed by atoms with E-state index in [9.17, 15) is 9.59 Å². The van der Waals surface area contributed by atoms with E-state index in [0.29, 0.717) is 6.54 Å². The predicted molar refractivity (Wildman–Crippen MR) is 78.7 cm³/mol. The molecule has 1 fully saturated rings. The molecule has 0 atom stereocenters. The molecule has 0 unspecified atom stereocenters. The van der Waals surface area contributed by atoms with Crippen molar-refractivity contribution in [3.05, 3.63) is 0 Å². The van der Waals surface area contributed by atoms with Gasteiger partial charge in [-0.1, -0.05) is 19.8 Å². The monoisotopic (exact) mass is 284 g/mol. The highest BCUT2D eigenvalue weighted by Crippen LogP contribution is 2.22. The number of likely N-dealkylation sites (tertiary alicyclic amines) is 1. The van der Waals surface area contributed by atoms with Crippen molar-refractivity contribution in [2.45, 2.75) is 58.9 Å². The number of amides is 2. The molecule has 0 aliphatic carbocycles. The number of hydrogen-bond acceptors (Lipinski definition) is 2. The van der Waals surface area contributed by atoms with Crippen molar-refractivity contribution in [3.63, 3.8) is 0 Å². The second-order valence-corrected chi connectivity index (χ2v) is 5.93. The van der Waals surface area contributed by atoms with E-state index in [4.69, 9.17) is 5.11 Å². The van der Waals surface area contributed by atoms with Crippen molar-refractivity contribution in [1.82, 2.24) is 9.80 Å². The molecule has 1 aliphatic heterocycles. The molecule has 1 saturated heterocycles. The van der Waals surface area contributed by atoms with E-state index < -0.39 is 5.97 Å². The molecule has 116 valence electrons. The first-order valence-electron chi connectivity index (χ1n) is 7.73. The molecule has 1 aliphatic rings. The highest BCUT2D eigenvalue weighted by molar-refractivity contribution is 5.76. The van der Waals surface area contributed by atoms with Crippen LogP contribution >= 0.6 is 0 Å². The topological polar surface area (TPSA) is 60.9 Å². The molecule has 20 heavy (non-hydrogen) atoms. The van der Waals surface area contributed by atoms with Crippen LogP contribution in [0.5, 0.6) is 0 Å². The smallest absolute Gasteiger partial charge is 0.320 e. The minimum Gasteiger partial charge on any atom is -0.481 e. The zero-order valence-corrected chi connectivity index (χ0v) is 13.0. The van der Waals surface area contributed by atoms with E-state index >= 15 is 0 Å². The van der Waals surface area contributed by atoms with Gasteiger partial charge in [0.1, 0.15) is 0 Å². The summed E-state index contributed by atoms with van der Waals surface area (Å²) in [7, 11) is 0. The van der Waals surface area contributed by atoms with Gasteiger partial charge in [-0.25, -0.2) is 4.79 Å². The van der Waals surface area contributed by atoms with Crippen LogP contribution in [0.15, 0.2) is 0 Å². The van der Waals surface area contributed by atoms with Gasteiger partial charge in [-0.05, 0) is 32.6 Å². The van der Waals surface area contributed by atoms with Gasteiger partial charge < -0.3 is 14.9 Å². The molecule has 1 heterocycles. The Balaban J connectivity index is 2.51. The molecule has 1 rings (SSSR count). The maximum absolute atomic E-state index is 12.5. The number of rotatable bonds is 6. The number of urea groups is 1. The van der Waals surface area contributed by atoms with Gasteiger partial charge in [-0.2, -0.15) is 0 Å². The van der Waals surface area contributed by atoms with Crippen LogP contribution in [0.25, 0.3) is 0 Å². The summed E-state index contributed by atoms with van der Waals surface area (Å²) in [6, 6.07) is 0.0337. The largest absolute Gasteiger partial charge is 0.481 e. The van der Waals surface area contributed by atoms with Crippen molar-refractivity contribution < 1.29 is 14.7 Å². The Bertz CT molecular complexity index is 323. The minimum atomic E-state index is -0.856. The highest BCUT2D eigenvalue weighted by atomic mass is 16.4. The summed E-state index contributed by atoms with van der Waals surface area (Å²) in [6.07, 6.45) is 4.61. The standard InChI is InChI=1S/C15H28N2O3/c1-4-5-13-6-9-16(10-7-13)15(20)17(12(2)3)11-8-14(18)19/h12-13H,4-11H2,1-3H3,(H,18,19). The van der Waals surface area contributed by atoms with Crippen LogP contribution in [0.2, 0.25) is 0 Å². The van der Waals surface area contributed by atoms with Crippen molar-refractivity contribution >= 4 is 12.0 Å². The van der Waals surface area contributed by atoms with Crippen molar-refractivity contribution in [3.8, 4) is 0 Å². The van der Waals surface area contributed by atoms with Gasteiger partial charge in [0.05, 0.1) is 6.42 Å². The van der Waals surface area contributed by atoms with E-state index in [-0.39, 0.29) is 18.5 Å². The number of aliphatic carboxylic acids is 1. The van der Waals surface area contributed by atoms with Gasteiger partial charge in [0.2, 0.25) is 0 Å². The maximum atomic E-state index is 12.5. The number of nitrogens with zero attached hydrogens (tertiary/aromatic N) is 2. The average Bonchev–Trinajstić information content (AvgIpc) is 2.39. The van der Waals surface area contributed by atoms with Crippen LogP contribution in [0.1, 0.15) is 52.9 Å². The molecule has 0 radical (unpaired) electrons. The fourth-order valence-corrected chi connectivity index (χ4v) is 2.79. The lowest BCUT2D eigenvalue weighted by Crippen LogP contribution is -2.49. The van der Waals surface area contributed by atoms with Crippen LogP contribution in [0, 0.1) is 5.92 Å². The third-order valence-corrected chi connectivity index (χ3v) is 4.02. The first-order chi connectivity index (χ1) is 9.45. The van der Waals surface area contributed by atoms with E-state index in [0.717, 1.165) is 31.8 Å². The number of hydrogen-bond donors (Lipinski definition) is 1. The van der Waals surface area contributed by atoms with Crippen molar-refractivity contribution in [1.29, 1.82) is 0 Å². The molecular weight excluding hydrogens is 256 g/mol. The zero-order chi connectivity index (χ0) is 15.1. The van der Waals surface area contributed by atoms with Crippen LogP contribution < -0.4 is 0 Å². The molecule has 0 spiro atoms. The van der Waals surface area contributed by atoms with Crippen LogP contribution in [0.3, 0.4) is 0 Å². The molecular formula is C15H28N2O3. The van der Waals surface area contributed by atoms with Crippen LogP contribution in [0.4, 0.5) is 4.79 Å². The Labute approximate surface area is 121 Å². The molecule has 0 aromatic carbocycles. The molecule has 1 N–H and O–H groups in total. The molecule has 0 aromatic rings. The van der Waals surface area contributed by atoms with Gasteiger partial charge in [0.15, 0.2) is 0 Å². The van der Waals surface area contributed by atoms with Gasteiger partial charge in [0.25, 0.3) is 0 Å². The lowest BCUT2D eigenvalue weighted by molar-refractivity contribution is -0.137. The third-order valence-electron chi connectivity index (χ3n) is 4.02. The first kappa shape index (κ1) is 16.8. The normalized spacial score (nSPS) is 16.5. The molecule has 0 saturated carbocycles. The zero-order valence-electron chi connectivity index (χ0n) is 13.0. The summed E-state index contributed by atoms with van der Waals surface area (Å²) in [5.41, 5.74) is 0. The summed E-state index contributed by atoms with van der Waals surface area (Å²) >= 11 is 0. The number of carbonyl (C=O) groups is 2. The van der Waals surface area contributed by atoms with E-state index in [2.05, 4.69) is 6.92 Å². The average molecular weight is 284 g/mol. The lowest BCUT2D eigenvalue weighted by Gasteiger charge is -2.37. The molecule has 0 aromatic heterocycles. The summed E-state index contributed by atoms with van der Waals surface area (Å²) in [5, 5.41) is 8.78. The number of carbonyl (C=O) groups excluding carboxylic acids is 1. The van der Waals surface area contributed by atoms with Crippen LogP contribution in [-0.4, -0.2) is 52.6 Å². The first-order valence-corrected chi connectivity index (χ1v) is 7.73. The predicted octanol–water partition coefficient (Wildman–Crippen LogP) is 2.80. The van der Waals surface area contributed by atoms with E-state index in [1.54, 1.807) is 4.90 Å². The number of carboxylic acid groups (broad SMARTS) is 1. The van der Waals surface area contributed by atoms with Crippen molar-refractivity contribution in [2.24, 2.45) is 5.92 Å². The summed E-state index contributed by atoms with van der Waals surface area (Å²) in [5.74, 6) is -0.110. The SMILES string of the molecule is CCCC1CCN(C(=O)N(CCC(=O)O)C(C)C)CC1. The highest BCUT2D eigenvalue weighted by Gasteiger charge is 2.27. The molecule has 5 nitrogen and oxygen atoms in total. The Morgan fingerprint density at radius 2 is 1.90 bits per heavy atom. The van der Waals surface area contributed by atoms with Crippen molar-refractivity contribution in [2.75, 3.05) is 19.6 Å². The summed E-state index contributed by atoms with van der Waals surface area (Å²) in [6.45, 7) is 7.97. The number of carboxylic acids is 1. The quantitative estimate of drug-likeness (QED) is 0.816. The van der Waals surface area contributed by atoms with Gasteiger partial charge in [-0.3, -0.25) is 4.79 Å². The maximum Gasteiger partial charge on any atom is 0.320 e. The lowest BCUT2D eigenvalue weighted by atomic mass is 9.93. The molecule has 2 amide bonds. The second-order valence-electron chi connectivity index (χ2n) is 5.93.